The number of hydrogen-bond acceptors (Lipinski definition) is 3. The molecule has 2 unspecified atom stereocenters. The molecule has 2 aromatic rings. The van der Waals surface area contributed by atoms with Crippen molar-refractivity contribution >= 4 is 35.2 Å². The quantitative estimate of drug-likeness (QED) is 0.652. The second kappa shape index (κ2) is 10.6. The molecule has 4 rings (SSSR count). The standard InChI is InChI=1S/C25H29ClN2O2S/c26-21-14-8-7-13-20(21)24(30)28-22(17-31-25(28)19-11-5-2-6-12-19)23(29)27-16-15-18-9-3-1-4-10-18/h1,3-4,7-10,13-14,19,22,25H,2,5-6,11-12,15-17H2,(H,27,29). The van der Waals surface area contributed by atoms with Crippen molar-refractivity contribution in [2.24, 2.45) is 5.92 Å². The van der Waals surface area contributed by atoms with Gasteiger partial charge in [-0.2, -0.15) is 0 Å². The average molecular weight is 457 g/mol. The third-order valence-electron chi connectivity index (χ3n) is 6.29. The first kappa shape index (κ1) is 22.2. The summed E-state index contributed by atoms with van der Waals surface area (Å²) >= 11 is 8.11. The summed E-state index contributed by atoms with van der Waals surface area (Å²) in [5.74, 6) is 0.873. The second-order valence-corrected chi connectivity index (χ2v) is 9.91. The molecule has 2 aliphatic rings. The number of amides is 2. The van der Waals surface area contributed by atoms with E-state index in [1.807, 2.05) is 35.2 Å². The maximum absolute atomic E-state index is 13.6. The summed E-state index contributed by atoms with van der Waals surface area (Å²) in [5.41, 5.74) is 1.67. The molecule has 0 spiro atoms. The van der Waals surface area contributed by atoms with Crippen LogP contribution in [0.1, 0.15) is 48.0 Å². The van der Waals surface area contributed by atoms with Gasteiger partial charge in [-0.05, 0) is 42.9 Å². The van der Waals surface area contributed by atoms with Crippen LogP contribution in [0.15, 0.2) is 54.6 Å². The first-order valence-corrected chi connectivity index (χ1v) is 12.6. The molecule has 31 heavy (non-hydrogen) atoms. The summed E-state index contributed by atoms with van der Waals surface area (Å²) in [4.78, 5) is 28.6. The molecule has 0 bridgehead atoms. The molecule has 1 aliphatic carbocycles. The number of halogens is 1. The lowest BCUT2D eigenvalue weighted by atomic mass is 9.88. The van der Waals surface area contributed by atoms with Crippen LogP contribution in [0, 0.1) is 5.92 Å². The Labute approximate surface area is 193 Å². The predicted molar refractivity (Wildman–Crippen MR) is 127 cm³/mol. The van der Waals surface area contributed by atoms with Gasteiger partial charge in [0, 0.05) is 12.3 Å². The van der Waals surface area contributed by atoms with Crippen LogP contribution in [0.2, 0.25) is 5.02 Å². The number of hydrogen-bond donors (Lipinski definition) is 1. The topological polar surface area (TPSA) is 49.4 Å². The minimum Gasteiger partial charge on any atom is -0.354 e. The predicted octanol–water partition coefficient (Wildman–Crippen LogP) is 5.16. The van der Waals surface area contributed by atoms with Gasteiger partial charge in [-0.25, -0.2) is 0 Å². The van der Waals surface area contributed by atoms with E-state index in [2.05, 4.69) is 17.4 Å². The Bertz CT molecular complexity index is 901. The van der Waals surface area contributed by atoms with E-state index in [-0.39, 0.29) is 17.2 Å². The van der Waals surface area contributed by atoms with Crippen LogP contribution in [0.25, 0.3) is 0 Å². The van der Waals surface area contributed by atoms with E-state index in [0.29, 0.717) is 28.8 Å². The Kier molecular flexibility index (Phi) is 7.57. The van der Waals surface area contributed by atoms with Crippen molar-refractivity contribution in [2.75, 3.05) is 12.3 Å². The lowest BCUT2D eigenvalue weighted by Crippen LogP contribution is -2.51. The number of benzene rings is 2. The van der Waals surface area contributed by atoms with Crippen molar-refractivity contribution < 1.29 is 9.59 Å². The van der Waals surface area contributed by atoms with Crippen molar-refractivity contribution in [3.8, 4) is 0 Å². The van der Waals surface area contributed by atoms with E-state index >= 15 is 0 Å². The van der Waals surface area contributed by atoms with Gasteiger partial charge in [0.1, 0.15) is 6.04 Å². The van der Waals surface area contributed by atoms with Crippen molar-refractivity contribution in [1.29, 1.82) is 0 Å². The SMILES string of the molecule is O=C(NCCc1ccccc1)C1CSC(C2CCCCC2)N1C(=O)c1ccccc1Cl. The van der Waals surface area contributed by atoms with Gasteiger partial charge in [-0.15, -0.1) is 11.8 Å². The van der Waals surface area contributed by atoms with Crippen molar-refractivity contribution in [3.63, 3.8) is 0 Å². The van der Waals surface area contributed by atoms with Gasteiger partial charge in [0.15, 0.2) is 0 Å². The molecule has 1 aliphatic heterocycles. The van der Waals surface area contributed by atoms with Crippen LogP contribution in [0.4, 0.5) is 0 Å². The fourth-order valence-electron chi connectivity index (χ4n) is 4.64. The van der Waals surface area contributed by atoms with E-state index < -0.39 is 6.04 Å². The maximum Gasteiger partial charge on any atom is 0.256 e. The summed E-state index contributed by atoms with van der Waals surface area (Å²) in [7, 11) is 0. The van der Waals surface area contributed by atoms with Gasteiger partial charge >= 0.3 is 0 Å². The largest absolute Gasteiger partial charge is 0.354 e. The van der Waals surface area contributed by atoms with Gasteiger partial charge in [0.25, 0.3) is 5.91 Å². The normalized spacial score (nSPS) is 21.8. The van der Waals surface area contributed by atoms with Crippen LogP contribution in [0.3, 0.4) is 0 Å². The number of nitrogens with one attached hydrogen (secondary N) is 1. The van der Waals surface area contributed by atoms with Gasteiger partial charge in [-0.3, -0.25) is 9.59 Å². The third-order valence-corrected chi connectivity index (χ3v) is 8.08. The number of carbonyl (C=O) groups excluding carboxylic acids is 2. The third kappa shape index (κ3) is 5.27. The minimum absolute atomic E-state index is 0.0361. The monoisotopic (exact) mass is 456 g/mol. The summed E-state index contributed by atoms with van der Waals surface area (Å²) in [5, 5.41) is 3.54. The highest BCUT2D eigenvalue weighted by atomic mass is 35.5. The molecule has 2 atom stereocenters. The highest BCUT2D eigenvalue weighted by molar-refractivity contribution is 8.00. The Morgan fingerprint density at radius 3 is 2.45 bits per heavy atom. The van der Waals surface area contributed by atoms with Gasteiger partial charge < -0.3 is 10.2 Å². The molecule has 1 N–H and O–H groups in total. The Hall–Kier alpha value is -1.98. The zero-order chi connectivity index (χ0) is 21.6. The first-order chi connectivity index (χ1) is 15.1. The van der Waals surface area contributed by atoms with Crippen molar-refractivity contribution in [2.45, 2.75) is 49.9 Å². The zero-order valence-corrected chi connectivity index (χ0v) is 19.2. The van der Waals surface area contributed by atoms with Crippen molar-refractivity contribution in [3.05, 3.63) is 70.7 Å². The van der Waals surface area contributed by atoms with E-state index in [1.54, 1.807) is 23.9 Å². The number of carbonyl (C=O) groups is 2. The smallest absolute Gasteiger partial charge is 0.256 e. The fourth-order valence-corrected chi connectivity index (χ4v) is 6.49. The molecule has 6 heteroatoms. The van der Waals surface area contributed by atoms with Crippen LogP contribution in [0.5, 0.6) is 0 Å². The Morgan fingerprint density at radius 2 is 1.71 bits per heavy atom. The first-order valence-electron chi connectivity index (χ1n) is 11.2. The fraction of sp³-hybridized carbons (Fsp3) is 0.440. The molecule has 0 radical (unpaired) electrons. The van der Waals surface area contributed by atoms with Gasteiger partial charge in [-0.1, -0.05) is 73.3 Å². The van der Waals surface area contributed by atoms with Gasteiger partial charge in [0.05, 0.1) is 16.0 Å². The molecule has 1 saturated heterocycles. The number of rotatable bonds is 6. The summed E-state index contributed by atoms with van der Waals surface area (Å²) in [6.45, 7) is 0.562. The van der Waals surface area contributed by atoms with E-state index in [0.717, 1.165) is 19.3 Å². The van der Waals surface area contributed by atoms with Crippen LogP contribution < -0.4 is 5.32 Å². The molecule has 2 amide bonds. The molecule has 4 nitrogen and oxygen atoms in total. The summed E-state index contributed by atoms with van der Waals surface area (Å²) < 4.78 is 0. The second-order valence-electron chi connectivity index (χ2n) is 8.36. The van der Waals surface area contributed by atoms with Crippen LogP contribution in [-0.4, -0.2) is 40.4 Å². The summed E-state index contributed by atoms with van der Waals surface area (Å²) in [6, 6.07) is 16.8. The Balaban J connectivity index is 1.50. The molecule has 1 heterocycles. The average Bonchev–Trinajstić information content (AvgIpc) is 3.25. The van der Waals surface area contributed by atoms with Crippen molar-refractivity contribution in [1.82, 2.24) is 10.2 Å². The van der Waals surface area contributed by atoms with Gasteiger partial charge in [0.2, 0.25) is 5.91 Å². The highest BCUT2D eigenvalue weighted by Crippen LogP contribution is 2.41. The molecular weight excluding hydrogens is 428 g/mol. The zero-order valence-electron chi connectivity index (χ0n) is 17.6. The Morgan fingerprint density at radius 1 is 1.00 bits per heavy atom. The lowest BCUT2D eigenvalue weighted by Gasteiger charge is -2.35. The maximum atomic E-state index is 13.6. The molecular formula is C25H29ClN2O2S. The molecule has 164 valence electrons. The molecule has 2 aromatic carbocycles. The highest BCUT2D eigenvalue weighted by Gasteiger charge is 2.45. The van der Waals surface area contributed by atoms with E-state index in [4.69, 9.17) is 11.6 Å². The molecule has 1 saturated carbocycles. The van der Waals surface area contributed by atoms with Crippen LogP contribution in [-0.2, 0) is 11.2 Å². The molecule has 2 fully saturated rings. The summed E-state index contributed by atoms with van der Waals surface area (Å²) in [6.07, 6.45) is 6.67. The van der Waals surface area contributed by atoms with E-state index in [9.17, 15) is 9.59 Å². The number of nitrogens with zero attached hydrogens (tertiary/aromatic N) is 1. The minimum atomic E-state index is -0.462. The molecule has 0 aromatic heterocycles. The van der Waals surface area contributed by atoms with E-state index in [1.165, 1.54) is 24.8 Å². The van der Waals surface area contributed by atoms with Crippen LogP contribution >= 0.6 is 23.4 Å². The number of thioether (sulfide) groups is 1. The lowest BCUT2D eigenvalue weighted by molar-refractivity contribution is -0.125.